The molecule has 0 rings (SSSR count). The van der Waals surface area contributed by atoms with Gasteiger partial charge >= 0.3 is 0 Å². The summed E-state index contributed by atoms with van der Waals surface area (Å²) < 4.78 is 0. The Morgan fingerprint density at radius 2 is 1.14 bits per heavy atom. The standard InChI is InChI=1S/C5H16SSi/c1-6(2,3)7(4)5/h7H,1-5H3. The van der Waals surface area contributed by atoms with Crippen LogP contribution in [0.4, 0.5) is 0 Å². The maximum Gasteiger partial charge on any atom is 0.0750 e. The molecule has 0 aromatic rings. The summed E-state index contributed by atoms with van der Waals surface area (Å²) in [5.41, 5.74) is 0. The van der Waals surface area contributed by atoms with E-state index in [4.69, 9.17) is 0 Å². The third kappa shape index (κ3) is 3.18. The molecule has 0 unspecified atom stereocenters. The van der Waals surface area contributed by atoms with Gasteiger partial charge in [-0.1, -0.05) is 13.1 Å². The van der Waals surface area contributed by atoms with Crippen LogP contribution in [0.3, 0.4) is 0 Å². The summed E-state index contributed by atoms with van der Waals surface area (Å²) in [5.74, 6) is 0. The molecule has 0 atom stereocenters. The Balaban J connectivity index is 3.54. The molecule has 0 aromatic carbocycles. The van der Waals surface area contributed by atoms with Crippen LogP contribution in [-0.4, -0.2) is 26.7 Å². The van der Waals surface area contributed by atoms with Gasteiger partial charge in [-0.2, -0.15) is 0 Å². The number of rotatable bonds is 1. The van der Waals surface area contributed by atoms with E-state index >= 15 is 0 Å². The van der Waals surface area contributed by atoms with E-state index in [1.807, 2.05) is 0 Å². The van der Waals surface area contributed by atoms with Gasteiger partial charge in [-0.25, -0.2) is 0 Å². The largest absolute Gasteiger partial charge is 0.264 e. The second kappa shape index (κ2) is 2.22. The fourth-order valence-electron chi connectivity index (χ4n) is 0. The highest BCUT2D eigenvalue weighted by molar-refractivity contribution is 8.52. The fourth-order valence-corrected chi connectivity index (χ4v) is 0. The Morgan fingerprint density at radius 1 is 1.00 bits per heavy atom. The molecule has 0 aliphatic carbocycles. The van der Waals surface area contributed by atoms with E-state index in [0.717, 1.165) is 0 Å². The summed E-state index contributed by atoms with van der Waals surface area (Å²) in [6.07, 6.45) is 7.22. The minimum Gasteiger partial charge on any atom is -0.264 e. The summed E-state index contributed by atoms with van der Waals surface area (Å²) in [6.45, 7) is 4.85. The van der Waals surface area contributed by atoms with E-state index in [1.54, 1.807) is 0 Å². The SMILES string of the molecule is C[SiH](C)S(C)(C)C. The van der Waals surface area contributed by atoms with Crippen LogP contribution < -0.4 is 0 Å². The van der Waals surface area contributed by atoms with Crippen molar-refractivity contribution >= 4 is 17.4 Å². The average molecular weight is 136 g/mol. The second-order valence-electron chi connectivity index (χ2n) is 2.98. The molecule has 0 spiro atoms. The van der Waals surface area contributed by atoms with Crippen LogP contribution in [0.1, 0.15) is 0 Å². The topological polar surface area (TPSA) is 0 Å². The van der Waals surface area contributed by atoms with Gasteiger partial charge in [0, 0.05) is 0 Å². The first-order valence-electron chi connectivity index (χ1n) is 2.62. The summed E-state index contributed by atoms with van der Waals surface area (Å²) in [4.78, 5) is 0. The summed E-state index contributed by atoms with van der Waals surface area (Å²) >= 11 is 0. The Morgan fingerprint density at radius 3 is 1.14 bits per heavy atom. The van der Waals surface area contributed by atoms with Crippen molar-refractivity contribution in [2.45, 2.75) is 13.1 Å². The van der Waals surface area contributed by atoms with Crippen LogP contribution >= 0.6 is 9.48 Å². The van der Waals surface area contributed by atoms with Crippen molar-refractivity contribution < 1.29 is 0 Å². The fraction of sp³-hybridized carbons (Fsp3) is 1.00. The van der Waals surface area contributed by atoms with Crippen molar-refractivity contribution in [1.82, 2.24) is 0 Å². The Bertz CT molecular complexity index is 53.6. The Hall–Kier alpha value is 0.567. The van der Waals surface area contributed by atoms with Gasteiger partial charge in [0.2, 0.25) is 0 Å². The zero-order valence-electron chi connectivity index (χ0n) is 5.99. The minimum absolute atomic E-state index is 0.102. The van der Waals surface area contributed by atoms with Crippen molar-refractivity contribution in [3.05, 3.63) is 0 Å². The summed E-state index contributed by atoms with van der Waals surface area (Å²) in [7, 11) is -0.377. The van der Waals surface area contributed by atoms with E-state index in [2.05, 4.69) is 31.9 Å². The highest BCUT2D eigenvalue weighted by Gasteiger charge is 2.08. The van der Waals surface area contributed by atoms with E-state index in [1.165, 1.54) is 0 Å². The second-order valence-corrected chi connectivity index (χ2v) is 16.0. The molecule has 7 heavy (non-hydrogen) atoms. The van der Waals surface area contributed by atoms with Gasteiger partial charge in [0.05, 0.1) is 7.95 Å². The molecule has 0 aliphatic rings. The van der Waals surface area contributed by atoms with Gasteiger partial charge in [0.25, 0.3) is 0 Å². The molecule has 0 heterocycles. The monoisotopic (exact) mass is 136 g/mol. The molecular formula is C5H16SSi. The zero-order chi connectivity index (χ0) is 6.08. The molecule has 0 saturated heterocycles. The lowest BCUT2D eigenvalue weighted by Gasteiger charge is -2.28. The molecule has 0 N–H and O–H groups in total. The first kappa shape index (κ1) is 7.57. The molecule has 0 radical (unpaired) electrons. The van der Waals surface area contributed by atoms with Crippen LogP contribution in [0.5, 0.6) is 0 Å². The molecule has 46 valence electrons. The van der Waals surface area contributed by atoms with E-state index in [-0.39, 0.29) is 17.4 Å². The van der Waals surface area contributed by atoms with Gasteiger partial charge in [0.15, 0.2) is 0 Å². The molecule has 0 amide bonds. The third-order valence-electron chi connectivity index (χ3n) is 1.41. The third-order valence-corrected chi connectivity index (χ3v) is 12.7. The van der Waals surface area contributed by atoms with E-state index in [9.17, 15) is 0 Å². The van der Waals surface area contributed by atoms with Gasteiger partial charge in [-0.05, 0) is 18.8 Å². The molecule has 2 heteroatoms. The zero-order valence-corrected chi connectivity index (χ0v) is 7.96. The maximum absolute atomic E-state index is 2.43. The number of hydrogen-bond donors (Lipinski definition) is 0. The van der Waals surface area contributed by atoms with Crippen LogP contribution in [0.2, 0.25) is 13.1 Å². The van der Waals surface area contributed by atoms with Crippen molar-refractivity contribution in [3.63, 3.8) is 0 Å². The predicted molar refractivity (Wildman–Crippen MR) is 44.2 cm³/mol. The number of hydrogen-bond acceptors (Lipinski definition) is 0. The van der Waals surface area contributed by atoms with E-state index in [0.29, 0.717) is 0 Å². The molecular weight excluding hydrogens is 120 g/mol. The average Bonchev–Trinajstić information content (AvgIpc) is 1.31. The highest BCUT2D eigenvalue weighted by Crippen LogP contribution is 2.37. The lowest BCUT2D eigenvalue weighted by Crippen LogP contribution is -2.10. The van der Waals surface area contributed by atoms with Gasteiger partial charge < -0.3 is 0 Å². The van der Waals surface area contributed by atoms with Gasteiger partial charge in [0.1, 0.15) is 0 Å². The van der Waals surface area contributed by atoms with Gasteiger partial charge in [-0.15, -0.1) is 0 Å². The molecule has 0 aromatic heterocycles. The first-order chi connectivity index (χ1) is 2.94. The Labute approximate surface area is 49.9 Å². The van der Waals surface area contributed by atoms with E-state index < -0.39 is 0 Å². The van der Waals surface area contributed by atoms with Crippen LogP contribution in [0.25, 0.3) is 0 Å². The molecule has 0 fully saturated rings. The quantitative estimate of drug-likeness (QED) is 0.481. The lowest BCUT2D eigenvalue weighted by atomic mass is 11.9. The predicted octanol–water partition coefficient (Wildman–Crippen LogP) is 1.66. The van der Waals surface area contributed by atoms with Crippen molar-refractivity contribution in [2.75, 3.05) is 18.8 Å². The lowest BCUT2D eigenvalue weighted by molar-refractivity contribution is 2.03. The summed E-state index contributed by atoms with van der Waals surface area (Å²) in [6, 6.07) is 0. The molecule has 0 nitrogen and oxygen atoms in total. The van der Waals surface area contributed by atoms with Crippen LogP contribution in [0.15, 0.2) is 0 Å². The van der Waals surface area contributed by atoms with Crippen LogP contribution in [-0.2, 0) is 0 Å². The highest BCUT2D eigenvalue weighted by atomic mass is 32.4. The Kier molecular flexibility index (Phi) is 2.40. The maximum atomic E-state index is 2.43. The van der Waals surface area contributed by atoms with Gasteiger partial charge in [-0.3, -0.25) is 9.48 Å². The smallest absolute Gasteiger partial charge is 0.0750 e. The minimum atomic E-state index is -0.275. The van der Waals surface area contributed by atoms with Crippen molar-refractivity contribution in [1.29, 1.82) is 0 Å². The normalized spacial score (nSPS) is 15.1. The molecule has 0 saturated carbocycles. The van der Waals surface area contributed by atoms with Crippen molar-refractivity contribution in [3.8, 4) is 0 Å². The molecule has 0 bridgehead atoms. The van der Waals surface area contributed by atoms with Crippen LogP contribution in [0, 0.1) is 0 Å². The first-order valence-corrected chi connectivity index (χ1v) is 9.26. The summed E-state index contributed by atoms with van der Waals surface area (Å²) in [5, 5.41) is 0. The van der Waals surface area contributed by atoms with Crippen molar-refractivity contribution in [2.24, 2.45) is 0 Å². The molecule has 0 aliphatic heterocycles.